The minimum atomic E-state index is -4.66. The number of esters is 2. The molecule has 5 nitrogen and oxygen atoms in total. The molecule has 0 N–H and O–H groups in total. The van der Waals surface area contributed by atoms with Gasteiger partial charge in [-0.3, -0.25) is 0 Å². The molecule has 0 saturated carbocycles. The fourth-order valence-electron chi connectivity index (χ4n) is 3.10. The summed E-state index contributed by atoms with van der Waals surface area (Å²) in [6.07, 6.45) is -1.46. The van der Waals surface area contributed by atoms with Crippen molar-refractivity contribution in [2.24, 2.45) is 0 Å². The quantitative estimate of drug-likeness (QED) is 0.145. The van der Waals surface area contributed by atoms with Crippen molar-refractivity contribution >= 4 is 11.9 Å². The fraction of sp³-hybridized carbons (Fsp3) is 0.0714. The third kappa shape index (κ3) is 6.73. The lowest BCUT2D eigenvalue weighted by Gasteiger charge is -2.15. The summed E-state index contributed by atoms with van der Waals surface area (Å²) in [5.41, 5.74) is 1.23. The molecular formula is C28H21F3O5. The topological polar surface area (TPSA) is 61.8 Å². The van der Waals surface area contributed by atoms with Crippen LogP contribution in [0.4, 0.5) is 13.2 Å². The summed E-state index contributed by atoms with van der Waals surface area (Å²) in [4.78, 5) is 22.6. The molecular weight excluding hydrogens is 473 g/mol. The summed E-state index contributed by atoms with van der Waals surface area (Å²) in [6.45, 7) is 8.22. The highest BCUT2D eigenvalue weighted by Gasteiger charge is 2.34. The molecule has 0 aliphatic heterocycles. The van der Waals surface area contributed by atoms with E-state index >= 15 is 0 Å². The Bertz CT molecular complexity index is 1300. The van der Waals surface area contributed by atoms with Gasteiger partial charge in [0.05, 0.1) is 5.56 Å². The van der Waals surface area contributed by atoms with Crippen LogP contribution in [0.25, 0.3) is 22.3 Å². The summed E-state index contributed by atoms with van der Waals surface area (Å²) in [6, 6.07) is 16.9. The van der Waals surface area contributed by atoms with Gasteiger partial charge in [0.1, 0.15) is 24.0 Å². The van der Waals surface area contributed by atoms with Gasteiger partial charge in [0.2, 0.25) is 0 Å². The second-order valence-electron chi connectivity index (χ2n) is 7.51. The fourth-order valence-corrected chi connectivity index (χ4v) is 3.10. The average Bonchev–Trinajstić information content (AvgIpc) is 2.86. The van der Waals surface area contributed by atoms with Crippen molar-refractivity contribution in [3.05, 3.63) is 110 Å². The van der Waals surface area contributed by atoms with Gasteiger partial charge in [-0.15, -0.1) is 0 Å². The van der Waals surface area contributed by atoms with E-state index < -0.39 is 23.7 Å². The first-order chi connectivity index (χ1) is 17.1. The average molecular weight is 494 g/mol. The highest BCUT2D eigenvalue weighted by atomic mass is 19.4. The van der Waals surface area contributed by atoms with Gasteiger partial charge in [-0.1, -0.05) is 55.6 Å². The van der Waals surface area contributed by atoms with Crippen molar-refractivity contribution < 1.29 is 37.0 Å². The predicted octanol–water partition coefficient (Wildman–Crippen LogP) is 7.10. The molecule has 0 unspecified atom stereocenters. The molecule has 0 radical (unpaired) electrons. The van der Waals surface area contributed by atoms with E-state index in [4.69, 9.17) is 14.2 Å². The molecule has 0 bridgehead atoms. The molecule has 0 heterocycles. The van der Waals surface area contributed by atoms with E-state index in [0.29, 0.717) is 11.3 Å². The minimum absolute atomic E-state index is 0.0460. The summed E-state index contributed by atoms with van der Waals surface area (Å²) in [5.74, 6) is -1.15. The monoisotopic (exact) mass is 494 g/mol. The number of carbonyl (C=O) groups excluding carboxylic acids is 2. The molecule has 0 amide bonds. The van der Waals surface area contributed by atoms with E-state index in [9.17, 15) is 22.8 Å². The van der Waals surface area contributed by atoms with Gasteiger partial charge in [-0.2, -0.15) is 13.2 Å². The van der Waals surface area contributed by atoms with Gasteiger partial charge in [0.25, 0.3) is 0 Å². The van der Waals surface area contributed by atoms with Crippen LogP contribution < -0.4 is 9.47 Å². The molecule has 3 rings (SSSR count). The van der Waals surface area contributed by atoms with Crippen LogP contribution in [0.3, 0.4) is 0 Å². The van der Waals surface area contributed by atoms with Gasteiger partial charge >= 0.3 is 18.1 Å². The van der Waals surface area contributed by atoms with Crippen LogP contribution in [0, 0.1) is 0 Å². The van der Waals surface area contributed by atoms with Crippen molar-refractivity contribution in [3.63, 3.8) is 0 Å². The number of hydrogen-bond acceptors (Lipinski definition) is 5. The maximum absolute atomic E-state index is 13.7. The first-order valence-corrected chi connectivity index (χ1v) is 10.5. The van der Waals surface area contributed by atoms with Gasteiger partial charge < -0.3 is 14.2 Å². The molecule has 3 aromatic rings. The molecule has 0 fully saturated rings. The molecule has 0 saturated heterocycles. The third-order valence-corrected chi connectivity index (χ3v) is 4.85. The predicted molar refractivity (Wildman–Crippen MR) is 129 cm³/mol. The van der Waals surface area contributed by atoms with E-state index in [0.717, 1.165) is 29.5 Å². The zero-order chi connectivity index (χ0) is 26.3. The number of halogens is 3. The second kappa shape index (κ2) is 11.2. The van der Waals surface area contributed by atoms with E-state index in [1.165, 1.54) is 25.3 Å². The van der Waals surface area contributed by atoms with Crippen LogP contribution >= 0.6 is 0 Å². The van der Waals surface area contributed by atoms with Gasteiger partial charge in [0, 0.05) is 11.6 Å². The Kier molecular flexibility index (Phi) is 8.11. The lowest BCUT2D eigenvalue weighted by Crippen LogP contribution is -2.09. The van der Waals surface area contributed by atoms with Crippen LogP contribution in [-0.4, -0.2) is 11.9 Å². The number of alkyl halides is 3. The second-order valence-corrected chi connectivity index (χ2v) is 7.51. The first-order valence-electron chi connectivity index (χ1n) is 10.5. The maximum Gasteiger partial charge on any atom is 0.417 e. The summed E-state index contributed by atoms with van der Waals surface area (Å²) < 4.78 is 56.1. The Morgan fingerprint density at radius 1 is 0.833 bits per heavy atom. The SMILES string of the molecule is C=CC(=O)Oc1ccc(-c2ccc(-c3ccc(O/C=C\OC(=O)C(=C)C)cc3)cc2)c(C(F)(F)F)c1. The number of carbonyl (C=O) groups is 2. The zero-order valence-electron chi connectivity index (χ0n) is 19.2. The normalized spacial score (nSPS) is 11.1. The van der Waals surface area contributed by atoms with E-state index in [-0.39, 0.29) is 16.9 Å². The van der Waals surface area contributed by atoms with Crippen molar-refractivity contribution in [2.45, 2.75) is 13.1 Å². The Morgan fingerprint density at radius 2 is 1.39 bits per heavy atom. The van der Waals surface area contributed by atoms with Crippen LogP contribution in [-0.2, 0) is 20.5 Å². The van der Waals surface area contributed by atoms with E-state index in [1.54, 1.807) is 48.5 Å². The molecule has 0 aliphatic rings. The molecule has 3 aromatic carbocycles. The Morgan fingerprint density at radius 3 is 1.94 bits per heavy atom. The zero-order valence-corrected chi connectivity index (χ0v) is 19.2. The van der Waals surface area contributed by atoms with E-state index in [2.05, 4.69) is 13.2 Å². The standard InChI is InChI=1S/C28H21F3O5/c1-4-26(32)36-23-13-14-24(25(17-23)28(29,30)31)21-7-5-19(6-8-21)20-9-11-22(12-10-20)34-15-16-35-27(33)18(2)3/h4-17H,1-2H2,3H3/b16-15-. The van der Waals surface area contributed by atoms with Gasteiger partial charge in [-0.25, -0.2) is 9.59 Å². The highest BCUT2D eigenvalue weighted by Crippen LogP contribution is 2.39. The van der Waals surface area contributed by atoms with Crippen LogP contribution in [0.1, 0.15) is 12.5 Å². The maximum atomic E-state index is 13.7. The van der Waals surface area contributed by atoms with Crippen molar-refractivity contribution in [3.8, 4) is 33.8 Å². The number of rotatable bonds is 8. The van der Waals surface area contributed by atoms with Crippen molar-refractivity contribution in [1.82, 2.24) is 0 Å². The molecule has 184 valence electrons. The Balaban J connectivity index is 1.76. The Labute approximate surface area is 205 Å². The lowest BCUT2D eigenvalue weighted by atomic mass is 9.96. The summed E-state index contributed by atoms with van der Waals surface area (Å²) in [5, 5.41) is 0. The third-order valence-electron chi connectivity index (χ3n) is 4.85. The largest absolute Gasteiger partial charge is 0.462 e. The molecule has 0 atom stereocenters. The summed E-state index contributed by atoms with van der Waals surface area (Å²) >= 11 is 0. The first kappa shape index (κ1) is 26.0. The number of hydrogen-bond donors (Lipinski definition) is 0. The van der Waals surface area contributed by atoms with Crippen LogP contribution in [0.15, 0.2) is 104 Å². The molecule has 0 aliphatic carbocycles. The van der Waals surface area contributed by atoms with Gasteiger partial charge in [-0.05, 0) is 53.4 Å². The molecule has 0 spiro atoms. The van der Waals surface area contributed by atoms with E-state index in [1.807, 2.05) is 0 Å². The van der Waals surface area contributed by atoms with Gasteiger partial charge in [0.15, 0.2) is 0 Å². The molecule has 0 aromatic heterocycles. The Hall–Kier alpha value is -4.59. The number of benzene rings is 3. The van der Waals surface area contributed by atoms with Crippen LogP contribution in [0.2, 0.25) is 0 Å². The van der Waals surface area contributed by atoms with Crippen LogP contribution in [0.5, 0.6) is 11.5 Å². The molecule has 36 heavy (non-hydrogen) atoms. The smallest absolute Gasteiger partial charge is 0.417 e. The number of ether oxygens (including phenoxy) is 3. The lowest BCUT2D eigenvalue weighted by molar-refractivity contribution is -0.137. The molecule has 8 heteroatoms. The summed E-state index contributed by atoms with van der Waals surface area (Å²) in [7, 11) is 0. The highest BCUT2D eigenvalue weighted by molar-refractivity contribution is 5.87. The minimum Gasteiger partial charge on any atom is -0.462 e. The van der Waals surface area contributed by atoms with Crippen molar-refractivity contribution in [2.75, 3.05) is 0 Å². The van der Waals surface area contributed by atoms with Crippen molar-refractivity contribution in [1.29, 1.82) is 0 Å².